The fourth-order valence-corrected chi connectivity index (χ4v) is 1.99. The predicted octanol–water partition coefficient (Wildman–Crippen LogP) is 3.40. The van der Waals surface area contributed by atoms with E-state index < -0.39 is 18.6 Å². The Balaban J connectivity index is 3.02. The molecule has 0 saturated carbocycles. The molecule has 1 aromatic carbocycles. The lowest BCUT2D eigenvalue weighted by Crippen LogP contribution is -2.40. The number of benzene rings is 1. The van der Waals surface area contributed by atoms with Gasteiger partial charge in [0.05, 0.1) is 5.56 Å². The summed E-state index contributed by atoms with van der Waals surface area (Å²) in [5.74, 6) is -1.43. The van der Waals surface area contributed by atoms with Crippen LogP contribution in [0.4, 0.5) is 13.2 Å². The zero-order chi connectivity index (χ0) is 14.6. The maximum Gasteiger partial charge on any atom is 0.406 e. The predicted molar refractivity (Wildman–Crippen MR) is 68.5 cm³/mol. The zero-order valence-electron chi connectivity index (χ0n) is 9.55. The summed E-state index contributed by atoms with van der Waals surface area (Å²) in [7, 11) is 0. The van der Waals surface area contributed by atoms with E-state index in [4.69, 9.17) is 11.6 Å². The van der Waals surface area contributed by atoms with Crippen molar-refractivity contribution in [2.45, 2.75) is 6.18 Å². The fraction of sp³-hybridized carbons (Fsp3) is 0.364. The number of amides is 1. The molecular formula is C11H10BrClF3NO2. The van der Waals surface area contributed by atoms with Crippen LogP contribution >= 0.6 is 27.5 Å². The minimum Gasteiger partial charge on any atom is -0.507 e. The van der Waals surface area contributed by atoms with Gasteiger partial charge in [0.2, 0.25) is 0 Å². The quantitative estimate of drug-likeness (QED) is 0.836. The van der Waals surface area contributed by atoms with Crippen molar-refractivity contribution < 1.29 is 23.1 Å². The summed E-state index contributed by atoms with van der Waals surface area (Å²) >= 11 is 8.48. The number of rotatable bonds is 4. The van der Waals surface area contributed by atoms with Crippen LogP contribution in [-0.4, -0.2) is 41.1 Å². The molecule has 0 unspecified atom stereocenters. The van der Waals surface area contributed by atoms with Crippen molar-refractivity contribution >= 4 is 33.4 Å². The van der Waals surface area contributed by atoms with Gasteiger partial charge in [-0.05, 0) is 18.2 Å². The Morgan fingerprint density at radius 1 is 1.42 bits per heavy atom. The molecule has 0 heterocycles. The number of phenols is 1. The van der Waals surface area contributed by atoms with Crippen LogP contribution in [0.5, 0.6) is 5.75 Å². The minimum absolute atomic E-state index is 0.128. The van der Waals surface area contributed by atoms with Gasteiger partial charge in [-0.15, -0.1) is 11.6 Å². The average Bonchev–Trinajstić information content (AvgIpc) is 2.29. The van der Waals surface area contributed by atoms with E-state index in [0.717, 1.165) is 0 Å². The van der Waals surface area contributed by atoms with Gasteiger partial charge in [-0.2, -0.15) is 13.2 Å². The van der Waals surface area contributed by atoms with E-state index in [0.29, 0.717) is 9.37 Å². The number of nitrogens with zero attached hydrogens (tertiary/aromatic N) is 1. The summed E-state index contributed by atoms with van der Waals surface area (Å²) < 4.78 is 37.6. The molecule has 1 aromatic rings. The molecule has 0 aliphatic rings. The van der Waals surface area contributed by atoms with Gasteiger partial charge in [-0.3, -0.25) is 4.79 Å². The number of aromatic hydroxyl groups is 1. The van der Waals surface area contributed by atoms with E-state index in [1.807, 2.05) is 0 Å². The van der Waals surface area contributed by atoms with Gasteiger partial charge in [-0.1, -0.05) is 15.9 Å². The maximum absolute atomic E-state index is 12.4. The molecule has 0 aliphatic carbocycles. The molecule has 1 N–H and O–H groups in total. The number of phenolic OH excluding ortho intramolecular Hbond substituents is 1. The highest BCUT2D eigenvalue weighted by atomic mass is 79.9. The van der Waals surface area contributed by atoms with Gasteiger partial charge in [0.15, 0.2) is 0 Å². The second kappa shape index (κ2) is 6.47. The third-order valence-corrected chi connectivity index (χ3v) is 2.86. The molecule has 0 saturated heterocycles. The van der Waals surface area contributed by atoms with Gasteiger partial charge in [-0.25, -0.2) is 0 Å². The van der Waals surface area contributed by atoms with Crippen molar-refractivity contribution in [3.63, 3.8) is 0 Å². The normalized spacial score (nSPS) is 11.4. The van der Waals surface area contributed by atoms with E-state index in [1.54, 1.807) is 0 Å². The number of carbonyl (C=O) groups is 1. The SMILES string of the molecule is O=C(c1cc(Br)ccc1O)N(CCCl)CC(F)(F)F. The highest BCUT2D eigenvalue weighted by Crippen LogP contribution is 2.25. The molecule has 0 spiro atoms. The van der Waals surface area contributed by atoms with Gasteiger partial charge in [0.25, 0.3) is 5.91 Å². The lowest BCUT2D eigenvalue weighted by Gasteiger charge is -2.23. The lowest BCUT2D eigenvalue weighted by atomic mass is 10.1. The number of carbonyl (C=O) groups excluding carboxylic acids is 1. The Kier molecular flexibility index (Phi) is 5.49. The van der Waals surface area contributed by atoms with Crippen LogP contribution in [0.25, 0.3) is 0 Å². The third kappa shape index (κ3) is 4.91. The van der Waals surface area contributed by atoms with Gasteiger partial charge < -0.3 is 10.0 Å². The summed E-state index contributed by atoms with van der Waals surface area (Å²) in [5, 5.41) is 9.54. The zero-order valence-corrected chi connectivity index (χ0v) is 11.9. The molecule has 0 aromatic heterocycles. The Bertz CT molecular complexity index is 468. The lowest BCUT2D eigenvalue weighted by molar-refractivity contribution is -0.140. The van der Waals surface area contributed by atoms with Gasteiger partial charge in [0.1, 0.15) is 12.3 Å². The Labute approximate surface area is 121 Å². The van der Waals surface area contributed by atoms with Crippen LogP contribution in [-0.2, 0) is 0 Å². The van der Waals surface area contributed by atoms with Crippen LogP contribution in [0, 0.1) is 0 Å². The minimum atomic E-state index is -4.52. The molecule has 0 bridgehead atoms. The molecule has 19 heavy (non-hydrogen) atoms. The number of alkyl halides is 4. The summed E-state index contributed by atoms with van der Waals surface area (Å²) in [4.78, 5) is 12.5. The van der Waals surface area contributed by atoms with Crippen molar-refractivity contribution in [1.29, 1.82) is 0 Å². The summed E-state index contributed by atoms with van der Waals surface area (Å²) in [6, 6.07) is 3.96. The van der Waals surface area contributed by atoms with E-state index in [2.05, 4.69) is 15.9 Å². The van der Waals surface area contributed by atoms with Crippen LogP contribution < -0.4 is 0 Å². The van der Waals surface area contributed by atoms with Gasteiger partial charge >= 0.3 is 6.18 Å². The fourth-order valence-electron chi connectivity index (χ4n) is 1.42. The number of hydrogen-bond donors (Lipinski definition) is 1. The molecule has 0 atom stereocenters. The van der Waals surface area contributed by atoms with E-state index in [1.165, 1.54) is 18.2 Å². The first-order valence-corrected chi connectivity index (χ1v) is 6.48. The van der Waals surface area contributed by atoms with Crippen LogP contribution in [0.2, 0.25) is 0 Å². The Hall–Kier alpha value is -0.950. The van der Waals surface area contributed by atoms with Crippen molar-refractivity contribution in [1.82, 2.24) is 4.90 Å². The van der Waals surface area contributed by atoms with Crippen molar-refractivity contribution in [2.24, 2.45) is 0 Å². The molecule has 0 radical (unpaired) electrons. The summed E-state index contributed by atoms with van der Waals surface area (Å²) in [5.41, 5.74) is -0.205. The molecule has 8 heteroatoms. The largest absolute Gasteiger partial charge is 0.507 e. The third-order valence-electron chi connectivity index (χ3n) is 2.20. The first-order chi connectivity index (χ1) is 8.74. The van der Waals surface area contributed by atoms with Crippen molar-refractivity contribution in [3.05, 3.63) is 28.2 Å². The molecule has 0 fully saturated rings. The van der Waals surface area contributed by atoms with Crippen LogP contribution in [0.15, 0.2) is 22.7 Å². The molecule has 0 aliphatic heterocycles. The first-order valence-electron chi connectivity index (χ1n) is 5.15. The van der Waals surface area contributed by atoms with Crippen LogP contribution in [0.1, 0.15) is 10.4 Å². The number of hydrogen-bond acceptors (Lipinski definition) is 2. The monoisotopic (exact) mass is 359 g/mol. The Morgan fingerprint density at radius 3 is 2.58 bits per heavy atom. The second-order valence-electron chi connectivity index (χ2n) is 3.69. The topological polar surface area (TPSA) is 40.5 Å². The molecule has 106 valence electrons. The van der Waals surface area contributed by atoms with E-state index in [-0.39, 0.29) is 23.7 Å². The van der Waals surface area contributed by atoms with Crippen LogP contribution in [0.3, 0.4) is 0 Å². The van der Waals surface area contributed by atoms with Crippen molar-refractivity contribution in [3.8, 4) is 5.75 Å². The highest BCUT2D eigenvalue weighted by molar-refractivity contribution is 9.10. The smallest absolute Gasteiger partial charge is 0.406 e. The standard InChI is InChI=1S/C11H10BrClF3NO2/c12-7-1-2-9(18)8(5-7)10(19)17(4-3-13)6-11(14,15)16/h1-2,5,18H,3-4,6H2. The first kappa shape index (κ1) is 16.1. The molecular weight excluding hydrogens is 350 g/mol. The van der Waals surface area contributed by atoms with Crippen molar-refractivity contribution in [2.75, 3.05) is 19.0 Å². The van der Waals surface area contributed by atoms with E-state index in [9.17, 15) is 23.1 Å². The number of halogens is 5. The second-order valence-corrected chi connectivity index (χ2v) is 4.99. The molecule has 3 nitrogen and oxygen atoms in total. The highest BCUT2D eigenvalue weighted by Gasteiger charge is 2.33. The molecule has 1 amide bonds. The molecule has 1 rings (SSSR count). The summed E-state index contributed by atoms with van der Waals surface area (Å²) in [6.45, 7) is -1.67. The Morgan fingerprint density at radius 2 is 2.05 bits per heavy atom. The average molecular weight is 361 g/mol. The maximum atomic E-state index is 12.4. The van der Waals surface area contributed by atoms with E-state index >= 15 is 0 Å². The van der Waals surface area contributed by atoms with Gasteiger partial charge in [0, 0.05) is 16.9 Å². The summed E-state index contributed by atoms with van der Waals surface area (Å²) in [6.07, 6.45) is -4.52.